The monoisotopic (exact) mass is 129 g/mol. The largest absolute Gasteiger partial charge is 0.300 e. The van der Waals surface area contributed by atoms with E-state index in [1.165, 1.54) is 0 Å². The molecule has 1 nitrogen and oxygen atoms in total. The van der Waals surface area contributed by atoms with E-state index in [0.29, 0.717) is 16.8 Å². The average molecular weight is 129 g/mol. The summed E-state index contributed by atoms with van der Waals surface area (Å²) in [5.41, 5.74) is 2.73. The van der Waals surface area contributed by atoms with E-state index in [9.17, 15) is 0 Å². The lowest BCUT2D eigenvalue weighted by Crippen LogP contribution is -2.05. The number of rotatable bonds is 0. The van der Waals surface area contributed by atoms with Crippen LogP contribution in [-0.2, 0) is 0 Å². The molecule has 0 amide bonds. The van der Waals surface area contributed by atoms with Crippen molar-refractivity contribution in [3.8, 4) is 0 Å². The molecular weight excluding hydrogens is 121 g/mol. The highest BCUT2D eigenvalue weighted by Gasteiger charge is 2.06. The Morgan fingerprint density at radius 3 is 2.60 bits per heavy atom. The van der Waals surface area contributed by atoms with Crippen molar-refractivity contribution in [2.75, 3.05) is 0 Å². The summed E-state index contributed by atoms with van der Waals surface area (Å²) in [5.74, 6) is 0. The topological polar surface area (TPSA) is 23.9 Å². The molecule has 0 unspecified atom stereocenters. The summed E-state index contributed by atoms with van der Waals surface area (Å²) in [6.45, 7) is 5.53. The fourth-order valence-electron chi connectivity index (χ4n) is 0.890. The standard InChI is InChI=1S/C8H8BN/c1-5-3-7(9)4-6(2)8(5)10/h3-4,10H,1H2,2H3. The van der Waals surface area contributed by atoms with Crippen molar-refractivity contribution in [1.29, 1.82) is 5.41 Å². The minimum atomic E-state index is 0.481. The second kappa shape index (κ2) is 2.29. The van der Waals surface area contributed by atoms with Gasteiger partial charge in [-0.3, -0.25) is 0 Å². The minimum Gasteiger partial charge on any atom is -0.300 e. The molecule has 0 saturated heterocycles. The summed E-state index contributed by atoms with van der Waals surface area (Å²) in [5, 5.41) is 7.42. The predicted octanol–water partition coefficient (Wildman–Crippen LogP) is 1.57. The van der Waals surface area contributed by atoms with Gasteiger partial charge in [0, 0.05) is 0 Å². The van der Waals surface area contributed by atoms with Crippen LogP contribution in [0, 0.1) is 5.41 Å². The summed E-state index contributed by atoms with van der Waals surface area (Å²) in [7, 11) is 5.50. The zero-order chi connectivity index (χ0) is 7.72. The van der Waals surface area contributed by atoms with E-state index < -0.39 is 0 Å². The van der Waals surface area contributed by atoms with Gasteiger partial charge in [0.25, 0.3) is 0 Å². The van der Waals surface area contributed by atoms with Crippen LogP contribution < -0.4 is 0 Å². The summed E-state index contributed by atoms with van der Waals surface area (Å²) in [4.78, 5) is 0. The van der Waals surface area contributed by atoms with Crippen molar-refractivity contribution in [1.82, 2.24) is 0 Å². The van der Waals surface area contributed by atoms with Gasteiger partial charge in [0.15, 0.2) is 0 Å². The first-order valence-electron chi connectivity index (χ1n) is 3.05. The van der Waals surface area contributed by atoms with Gasteiger partial charge in [-0.05, 0) is 18.1 Å². The van der Waals surface area contributed by atoms with E-state index in [2.05, 4.69) is 6.58 Å². The van der Waals surface area contributed by atoms with Crippen molar-refractivity contribution in [2.45, 2.75) is 6.92 Å². The van der Waals surface area contributed by atoms with Crippen molar-refractivity contribution >= 4 is 13.6 Å². The molecule has 0 aromatic rings. The lowest BCUT2D eigenvalue weighted by Gasteiger charge is -2.10. The number of hydrogen-bond acceptors (Lipinski definition) is 1. The normalized spacial score (nSPS) is 18.5. The first kappa shape index (κ1) is 7.07. The molecule has 0 heterocycles. The van der Waals surface area contributed by atoms with Crippen LogP contribution in [0.4, 0.5) is 0 Å². The second-order valence-corrected chi connectivity index (χ2v) is 2.37. The molecule has 0 aliphatic heterocycles. The lowest BCUT2D eigenvalue weighted by molar-refractivity contribution is 1.41. The van der Waals surface area contributed by atoms with Gasteiger partial charge in [-0.25, -0.2) is 0 Å². The van der Waals surface area contributed by atoms with Gasteiger partial charge in [0.1, 0.15) is 7.85 Å². The molecule has 0 spiro atoms. The highest BCUT2D eigenvalue weighted by Crippen LogP contribution is 2.14. The van der Waals surface area contributed by atoms with Crippen LogP contribution in [0.2, 0.25) is 0 Å². The Balaban J connectivity index is 3.07. The fourth-order valence-corrected chi connectivity index (χ4v) is 0.890. The Labute approximate surface area is 62.1 Å². The fraction of sp³-hybridized carbons (Fsp3) is 0.125. The van der Waals surface area contributed by atoms with Crippen LogP contribution in [0.5, 0.6) is 0 Å². The van der Waals surface area contributed by atoms with Gasteiger partial charge >= 0.3 is 0 Å². The maximum atomic E-state index is 7.42. The molecule has 1 rings (SSSR count). The summed E-state index contributed by atoms with van der Waals surface area (Å²) in [6, 6.07) is 0. The molecule has 0 saturated carbocycles. The van der Waals surface area contributed by atoms with Gasteiger partial charge in [-0.2, -0.15) is 0 Å². The molecule has 0 aromatic carbocycles. The molecule has 0 fully saturated rings. The molecular formula is C8H8BN. The second-order valence-electron chi connectivity index (χ2n) is 2.37. The third-order valence-corrected chi connectivity index (χ3v) is 1.44. The van der Waals surface area contributed by atoms with Crippen LogP contribution >= 0.6 is 0 Å². The zero-order valence-electron chi connectivity index (χ0n) is 5.94. The van der Waals surface area contributed by atoms with Crippen molar-refractivity contribution < 1.29 is 0 Å². The van der Waals surface area contributed by atoms with Crippen LogP contribution in [0.1, 0.15) is 6.92 Å². The van der Waals surface area contributed by atoms with Crippen LogP contribution in [0.3, 0.4) is 0 Å². The molecule has 10 heavy (non-hydrogen) atoms. The number of allylic oxidation sites excluding steroid dienone is 5. The number of hydrogen-bond donors (Lipinski definition) is 1. The molecule has 0 aromatic heterocycles. The lowest BCUT2D eigenvalue weighted by atomic mass is 9.85. The first-order chi connectivity index (χ1) is 4.61. The average Bonchev–Trinajstić information content (AvgIpc) is 1.82. The molecule has 48 valence electrons. The Morgan fingerprint density at radius 2 is 2.10 bits per heavy atom. The van der Waals surface area contributed by atoms with E-state index >= 15 is 0 Å². The Morgan fingerprint density at radius 1 is 1.50 bits per heavy atom. The van der Waals surface area contributed by atoms with E-state index in [4.69, 9.17) is 13.3 Å². The van der Waals surface area contributed by atoms with Gasteiger partial charge in [-0.1, -0.05) is 24.2 Å². The zero-order valence-corrected chi connectivity index (χ0v) is 5.94. The first-order valence-corrected chi connectivity index (χ1v) is 3.05. The third kappa shape index (κ3) is 1.10. The van der Waals surface area contributed by atoms with E-state index in [1.807, 2.05) is 6.92 Å². The smallest absolute Gasteiger partial charge is 0.113 e. The quantitative estimate of drug-likeness (QED) is 0.480. The molecule has 1 aliphatic carbocycles. The SMILES string of the molecule is [B]C1=CC(=C)C(=N)C(C)=C1. The molecule has 1 aliphatic rings. The predicted molar refractivity (Wildman–Crippen MR) is 44.5 cm³/mol. The summed E-state index contributed by atoms with van der Waals surface area (Å²) >= 11 is 0. The molecule has 2 heteroatoms. The van der Waals surface area contributed by atoms with Gasteiger partial charge < -0.3 is 5.41 Å². The highest BCUT2D eigenvalue weighted by molar-refractivity contribution is 6.27. The molecule has 1 N–H and O–H groups in total. The van der Waals surface area contributed by atoms with Crippen LogP contribution in [0.25, 0.3) is 0 Å². The van der Waals surface area contributed by atoms with Crippen molar-refractivity contribution in [2.24, 2.45) is 0 Å². The summed E-state index contributed by atoms with van der Waals surface area (Å²) < 4.78 is 0. The van der Waals surface area contributed by atoms with Crippen molar-refractivity contribution in [3.63, 3.8) is 0 Å². The van der Waals surface area contributed by atoms with E-state index in [-0.39, 0.29) is 0 Å². The Hall–Kier alpha value is -1.05. The number of nitrogens with one attached hydrogen (secondary N) is 1. The van der Waals surface area contributed by atoms with Gasteiger partial charge in [0.2, 0.25) is 0 Å². The minimum absolute atomic E-state index is 0.481. The maximum absolute atomic E-state index is 7.42. The highest BCUT2D eigenvalue weighted by atomic mass is 14.4. The third-order valence-electron chi connectivity index (χ3n) is 1.44. The molecule has 2 radical (unpaired) electrons. The molecule has 0 bridgehead atoms. The van der Waals surface area contributed by atoms with E-state index in [1.54, 1.807) is 12.2 Å². The van der Waals surface area contributed by atoms with Crippen LogP contribution in [0.15, 0.2) is 35.3 Å². The summed E-state index contributed by atoms with van der Waals surface area (Å²) in [6.07, 6.45) is 3.48. The van der Waals surface area contributed by atoms with E-state index in [0.717, 1.165) is 5.57 Å². The Bertz CT molecular complexity index is 256. The Kier molecular flexibility index (Phi) is 1.62. The maximum Gasteiger partial charge on any atom is 0.113 e. The molecule has 0 atom stereocenters. The van der Waals surface area contributed by atoms with Crippen LogP contribution in [-0.4, -0.2) is 13.6 Å². The van der Waals surface area contributed by atoms with Crippen molar-refractivity contribution in [3.05, 3.63) is 35.3 Å². The van der Waals surface area contributed by atoms with Gasteiger partial charge in [-0.15, -0.1) is 0 Å². The van der Waals surface area contributed by atoms with Gasteiger partial charge in [0.05, 0.1) is 5.71 Å².